The molecule has 1 amide bonds. The largest absolute Gasteiger partial charge is 0.341 e. The zero-order chi connectivity index (χ0) is 18.7. The summed E-state index contributed by atoms with van der Waals surface area (Å²) in [6.07, 6.45) is 5.18. The van der Waals surface area contributed by atoms with Crippen molar-refractivity contribution in [1.29, 1.82) is 0 Å². The van der Waals surface area contributed by atoms with E-state index >= 15 is 0 Å². The minimum Gasteiger partial charge on any atom is -0.341 e. The monoisotopic (exact) mass is 375 g/mol. The van der Waals surface area contributed by atoms with E-state index in [1.807, 2.05) is 0 Å². The van der Waals surface area contributed by atoms with Crippen LogP contribution in [0.1, 0.15) is 25.3 Å². The molecule has 9 heteroatoms. The van der Waals surface area contributed by atoms with Crippen LogP contribution in [0.4, 0.5) is 17.3 Å². The van der Waals surface area contributed by atoms with E-state index in [1.165, 1.54) is 25.4 Å². The van der Waals surface area contributed by atoms with Gasteiger partial charge in [0.15, 0.2) is 0 Å². The lowest BCUT2D eigenvalue weighted by molar-refractivity contribution is -0.114. The molecule has 1 aromatic carbocycles. The van der Waals surface area contributed by atoms with Crippen LogP contribution in [0.15, 0.2) is 35.5 Å². The number of anilines is 3. The van der Waals surface area contributed by atoms with Crippen LogP contribution in [-0.4, -0.2) is 37.4 Å². The molecule has 1 saturated heterocycles. The zero-order valence-electron chi connectivity index (χ0n) is 14.7. The average Bonchev–Trinajstić information content (AvgIpc) is 3.09. The molecule has 2 heterocycles. The van der Waals surface area contributed by atoms with Crippen molar-refractivity contribution in [2.75, 3.05) is 28.0 Å². The molecule has 0 spiro atoms. The van der Waals surface area contributed by atoms with Crippen molar-refractivity contribution in [2.24, 2.45) is 0 Å². The second kappa shape index (κ2) is 7.28. The summed E-state index contributed by atoms with van der Waals surface area (Å²) in [5.74, 6) is 0.398. The topological polar surface area (TPSA) is 104 Å². The van der Waals surface area contributed by atoms with E-state index in [0.717, 1.165) is 25.9 Å². The van der Waals surface area contributed by atoms with Gasteiger partial charge in [-0.15, -0.1) is 0 Å². The van der Waals surface area contributed by atoms with Gasteiger partial charge in [-0.1, -0.05) is 0 Å². The number of hydrogen-bond acceptors (Lipinski definition) is 6. The van der Waals surface area contributed by atoms with Crippen molar-refractivity contribution in [2.45, 2.75) is 31.6 Å². The van der Waals surface area contributed by atoms with Gasteiger partial charge in [-0.3, -0.25) is 9.52 Å². The summed E-state index contributed by atoms with van der Waals surface area (Å²) in [7, 11) is -3.78. The summed E-state index contributed by atoms with van der Waals surface area (Å²) >= 11 is 0. The highest BCUT2D eigenvalue weighted by Gasteiger charge is 2.19. The van der Waals surface area contributed by atoms with Crippen LogP contribution in [0.3, 0.4) is 0 Å². The van der Waals surface area contributed by atoms with E-state index in [-0.39, 0.29) is 10.8 Å². The lowest BCUT2D eigenvalue weighted by Gasteiger charge is -2.15. The van der Waals surface area contributed by atoms with Gasteiger partial charge in [0.05, 0.1) is 23.0 Å². The Morgan fingerprint density at radius 3 is 2.35 bits per heavy atom. The summed E-state index contributed by atoms with van der Waals surface area (Å²) in [6, 6.07) is 4.63. The van der Waals surface area contributed by atoms with Crippen LogP contribution in [0.5, 0.6) is 0 Å². The minimum absolute atomic E-state index is 0.134. The first-order valence-electron chi connectivity index (χ1n) is 8.33. The number of rotatable bonds is 5. The SMILES string of the molecule is CC(=O)Nc1ccc(S(=O)(=O)Nc2cnc(N3CCCC3)nc2)c(C)c1. The smallest absolute Gasteiger partial charge is 0.262 e. The first-order valence-corrected chi connectivity index (χ1v) is 9.81. The van der Waals surface area contributed by atoms with Crippen LogP contribution in [0.25, 0.3) is 0 Å². The fourth-order valence-corrected chi connectivity index (χ4v) is 4.15. The number of nitrogens with zero attached hydrogens (tertiary/aromatic N) is 3. The number of hydrogen-bond donors (Lipinski definition) is 2. The maximum atomic E-state index is 12.6. The number of aromatic nitrogens is 2. The molecule has 138 valence electrons. The van der Waals surface area contributed by atoms with Crippen molar-refractivity contribution in [3.05, 3.63) is 36.2 Å². The van der Waals surface area contributed by atoms with Crippen LogP contribution in [0.2, 0.25) is 0 Å². The highest BCUT2D eigenvalue weighted by atomic mass is 32.2. The molecule has 0 bridgehead atoms. The second-order valence-corrected chi connectivity index (χ2v) is 7.88. The number of sulfonamides is 1. The van der Waals surface area contributed by atoms with Crippen molar-refractivity contribution < 1.29 is 13.2 Å². The molecule has 1 aromatic heterocycles. The first-order chi connectivity index (χ1) is 12.3. The zero-order valence-corrected chi connectivity index (χ0v) is 15.5. The van der Waals surface area contributed by atoms with Crippen molar-refractivity contribution in [1.82, 2.24) is 9.97 Å². The Balaban J connectivity index is 1.77. The predicted octanol–water partition coefficient (Wildman–Crippen LogP) is 2.14. The van der Waals surface area contributed by atoms with Crippen molar-refractivity contribution in [3.8, 4) is 0 Å². The highest BCUT2D eigenvalue weighted by Crippen LogP contribution is 2.23. The van der Waals surface area contributed by atoms with Gasteiger partial charge in [0, 0.05) is 25.7 Å². The Labute approximate surface area is 152 Å². The summed E-state index contributed by atoms with van der Waals surface area (Å²) in [4.78, 5) is 21.8. The van der Waals surface area contributed by atoms with E-state index < -0.39 is 10.0 Å². The number of aryl methyl sites for hydroxylation is 1. The lowest BCUT2D eigenvalue weighted by Crippen LogP contribution is -2.21. The summed E-state index contributed by atoms with van der Waals surface area (Å²) in [5.41, 5.74) is 1.38. The molecule has 1 aliphatic heterocycles. The van der Waals surface area contributed by atoms with E-state index in [2.05, 4.69) is 24.9 Å². The molecule has 8 nitrogen and oxygen atoms in total. The number of carbonyl (C=O) groups excluding carboxylic acids is 1. The third kappa shape index (κ3) is 4.10. The molecule has 0 atom stereocenters. The Morgan fingerprint density at radius 2 is 1.77 bits per heavy atom. The summed E-state index contributed by atoms with van der Waals surface area (Å²) < 4.78 is 27.8. The van der Waals surface area contributed by atoms with Gasteiger partial charge < -0.3 is 10.2 Å². The predicted molar refractivity (Wildman–Crippen MR) is 99.8 cm³/mol. The second-order valence-electron chi connectivity index (χ2n) is 6.23. The Hall–Kier alpha value is -2.68. The van der Waals surface area contributed by atoms with Crippen molar-refractivity contribution in [3.63, 3.8) is 0 Å². The van der Waals surface area contributed by atoms with Gasteiger partial charge in [-0.05, 0) is 43.5 Å². The third-order valence-corrected chi connectivity index (χ3v) is 5.61. The number of nitrogens with one attached hydrogen (secondary N) is 2. The molecule has 2 aromatic rings. The standard InChI is InChI=1S/C17H21N5O3S/c1-12-9-14(20-13(2)23)5-6-16(12)26(24,25)21-15-10-18-17(19-11-15)22-7-3-4-8-22/h5-6,9-11,21H,3-4,7-8H2,1-2H3,(H,20,23). The van der Waals surface area contributed by atoms with E-state index in [9.17, 15) is 13.2 Å². The number of carbonyl (C=O) groups is 1. The highest BCUT2D eigenvalue weighted by molar-refractivity contribution is 7.92. The van der Waals surface area contributed by atoms with Gasteiger partial charge in [0.25, 0.3) is 10.0 Å². The Kier molecular flexibility index (Phi) is 5.08. The molecule has 0 aliphatic carbocycles. The molecule has 0 radical (unpaired) electrons. The van der Waals surface area contributed by atoms with Crippen molar-refractivity contribution >= 4 is 33.3 Å². The van der Waals surface area contributed by atoms with Gasteiger partial charge >= 0.3 is 0 Å². The third-order valence-electron chi connectivity index (χ3n) is 4.06. The van der Waals surface area contributed by atoms with Gasteiger partial charge in [0.2, 0.25) is 11.9 Å². The van der Waals surface area contributed by atoms with Crippen LogP contribution in [0, 0.1) is 6.92 Å². The molecule has 1 fully saturated rings. The van der Waals surface area contributed by atoms with Gasteiger partial charge in [-0.25, -0.2) is 18.4 Å². The minimum atomic E-state index is -3.78. The fourth-order valence-electron chi connectivity index (χ4n) is 2.90. The Bertz CT molecular complexity index is 906. The normalized spacial score (nSPS) is 14.3. The molecular formula is C17H21N5O3S. The molecule has 26 heavy (non-hydrogen) atoms. The van der Waals surface area contributed by atoms with E-state index in [1.54, 1.807) is 19.1 Å². The van der Waals surface area contributed by atoms with Gasteiger partial charge in [-0.2, -0.15) is 0 Å². The van der Waals surface area contributed by atoms with Crippen LogP contribution >= 0.6 is 0 Å². The number of benzene rings is 1. The fraction of sp³-hybridized carbons (Fsp3) is 0.353. The average molecular weight is 375 g/mol. The quantitative estimate of drug-likeness (QED) is 0.830. The van der Waals surface area contributed by atoms with Crippen LogP contribution in [-0.2, 0) is 14.8 Å². The maximum Gasteiger partial charge on any atom is 0.262 e. The first kappa shape index (κ1) is 18.1. The molecular weight excluding hydrogens is 354 g/mol. The van der Waals surface area contributed by atoms with E-state index in [4.69, 9.17) is 0 Å². The van der Waals surface area contributed by atoms with E-state index in [0.29, 0.717) is 22.9 Å². The molecule has 0 unspecified atom stereocenters. The summed E-state index contributed by atoms with van der Waals surface area (Å²) in [6.45, 7) is 4.91. The maximum absolute atomic E-state index is 12.6. The Morgan fingerprint density at radius 1 is 1.12 bits per heavy atom. The number of amides is 1. The lowest BCUT2D eigenvalue weighted by atomic mass is 10.2. The molecule has 2 N–H and O–H groups in total. The molecule has 1 aliphatic rings. The molecule has 0 saturated carbocycles. The van der Waals surface area contributed by atoms with Gasteiger partial charge in [0.1, 0.15) is 0 Å². The molecule has 3 rings (SSSR count). The van der Waals surface area contributed by atoms with Crippen LogP contribution < -0.4 is 14.9 Å². The summed E-state index contributed by atoms with van der Waals surface area (Å²) in [5, 5.41) is 2.63.